The Bertz CT molecular complexity index is 690. The van der Waals surface area contributed by atoms with E-state index in [-0.39, 0.29) is 5.91 Å². The summed E-state index contributed by atoms with van der Waals surface area (Å²) < 4.78 is 8.36. The van der Waals surface area contributed by atoms with Crippen molar-refractivity contribution in [2.45, 2.75) is 57.2 Å². The molecule has 1 aromatic heterocycles. The molecule has 6 nitrogen and oxygen atoms in total. The van der Waals surface area contributed by atoms with Gasteiger partial charge in [-0.2, -0.15) is 5.10 Å². The van der Waals surface area contributed by atoms with E-state index >= 15 is 0 Å². The molecule has 6 heteroatoms. The standard InChI is InChI=1S/C21H32N4O2/c1-23(2)19-8-15-11-24(12-16(15)9-20(19)27-13-14-5-6-14)21(26)18-10-17-4-3-7-25(17)22-18/h10,14-16,19-20H,3-9,11-13H2,1-2H3/t15-,16+,19-,20-/m1/s1. The fraction of sp³-hybridized carbons (Fsp3) is 0.810. The maximum Gasteiger partial charge on any atom is 0.274 e. The minimum Gasteiger partial charge on any atom is -0.376 e. The lowest BCUT2D eigenvalue weighted by atomic mass is 9.77. The average Bonchev–Trinajstić information content (AvgIpc) is 3.03. The Labute approximate surface area is 161 Å². The van der Waals surface area contributed by atoms with Gasteiger partial charge < -0.3 is 14.5 Å². The second-order valence-electron chi connectivity index (χ2n) is 9.40. The molecule has 0 bridgehead atoms. The van der Waals surface area contributed by atoms with Gasteiger partial charge in [0, 0.05) is 38.0 Å². The Morgan fingerprint density at radius 3 is 2.74 bits per heavy atom. The van der Waals surface area contributed by atoms with Crippen molar-refractivity contribution in [3.05, 3.63) is 17.5 Å². The van der Waals surface area contributed by atoms with Gasteiger partial charge in [-0.15, -0.1) is 0 Å². The zero-order valence-corrected chi connectivity index (χ0v) is 16.6. The van der Waals surface area contributed by atoms with Gasteiger partial charge in [0.05, 0.1) is 6.10 Å². The summed E-state index contributed by atoms with van der Waals surface area (Å²) in [6.07, 6.45) is 7.41. The van der Waals surface area contributed by atoms with Crippen LogP contribution in [0.5, 0.6) is 0 Å². The SMILES string of the molecule is CN(C)[C@@H]1C[C@@H]2CN(C(=O)c3cc4n(n3)CCC4)C[C@@H]2C[C@H]1OCC1CC1. The van der Waals surface area contributed by atoms with Crippen molar-refractivity contribution in [2.24, 2.45) is 17.8 Å². The third-order valence-electron chi connectivity index (χ3n) is 7.16. The van der Waals surface area contributed by atoms with Crippen LogP contribution in [0.1, 0.15) is 48.3 Å². The van der Waals surface area contributed by atoms with Gasteiger partial charge in [0.1, 0.15) is 0 Å². The first-order chi connectivity index (χ1) is 13.1. The lowest BCUT2D eigenvalue weighted by molar-refractivity contribution is -0.0493. The van der Waals surface area contributed by atoms with Crippen LogP contribution >= 0.6 is 0 Å². The summed E-state index contributed by atoms with van der Waals surface area (Å²) in [5.74, 6) is 2.10. The largest absolute Gasteiger partial charge is 0.376 e. The molecular weight excluding hydrogens is 340 g/mol. The molecule has 3 fully saturated rings. The van der Waals surface area contributed by atoms with Crippen LogP contribution in [0.15, 0.2) is 6.07 Å². The van der Waals surface area contributed by atoms with Gasteiger partial charge in [0.2, 0.25) is 0 Å². The number of likely N-dealkylation sites (N-methyl/N-ethyl adjacent to an activating group) is 1. The van der Waals surface area contributed by atoms with Crippen LogP contribution in [-0.2, 0) is 17.7 Å². The number of amides is 1. The van der Waals surface area contributed by atoms with Crippen LogP contribution in [0.3, 0.4) is 0 Å². The number of nitrogens with zero attached hydrogens (tertiary/aromatic N) is 4. The van der Waals surface area contributed by atoms with Crippen LogP contribution in [0.2, 0.25) is 0 Å². The molecule has 4 aliphatic rings. The number of hydrogen-bond donors (Lipinski definition) is 0. The summed E-state index contributed by atoms with van der Waals surface area (Å²) in [5, 5.41) is 4.56. The highest BCUT2D eigenvalue weighted by molar-refractivity contribution is 5.92. The Kier molecular flexibility index (Phi) is 4.51. The third kappa shape index (κ3) is 3.42. The lowest BCUT2D eigenvalue weighted by Crippen LogP contribution is -2.48. The van der Waals surface area contributed by atoms with E-state index < -0.39 is 0 Å². The van der Waals surface area contributed by atoms with Crippen LogP contribution in [-0.4, -0.2) is 71.4 Å². The second-order valence-corrected chi connectivity index (χ2v) is 9.40. The molecule has 5 rings (SSSR count). The summed E-state index contributed by atoms with van der Waals surface area (Å²) in [6.45, 7) is 3.63. The molecule has 0 N–H and O–H groups in total. The highest BCUT2D eigenvalue weighted by atomic mass is 16.5. The van der Waals surface area contributed by atoms with E-state index in [0.717, 1.165) is 57.8 Å². The van der Waals surface area contributed by atoms with Crippen LogP contribution in [0, 0.1) is 17.8 Å². The molecule has 3 heterocycles. The highest BCUT2D eigenvalue weighted by Gasteiger charge is 2.45. The number of carbonyl (C=O) groups excluding carboxylic acids is 1. The number of aryl methyl sites for hydroxylation is 2. The van der Waals surface area contributed by atoms with Crippen LogP contribution in [0.4, 0.5) is 0 Å². The zero-order chi connectivity index (χ0) is 18.5. The summed E-state index contributed by atoms with van der Waals surface area (Å²) in [6, 6.07) is 2.48. The molecule has 27 heavy (non-hydrogen) atoms. The van der Waals surface area contributed by atoms with E-state index in [0.29, 0.717) is 29.7 Å². The number of rotatable bonds is 5. The van der Waals surface area contributed by atoms with Gasteiger partial charge in [-0.25, -0.2) is 0 Å². The third-order valence-corrected chi connectivity index (χ3v) is 7.16. The van der Waals surface area contributed by atoms with Gasteiger partial charge in [-0.3, -0.25) is 9.48 Å². The van der Waals surface area contributed by atoms with Crippen molar-refractivity contribution in [1.82, 2.24) is 19.6 Å². The lowest BCUT2D eigenvalue weighted by Gasteiger charge is -2.41. The average molecular weight is 373 g/mol. The number of ether oxygens (including phenoxy) is 1. The summed E-state index contributed by atoms with van der Waals surface area (Å²) in [7, 11) is 4.34. The smallest absolute Gasteiger partial charge is 0.274 e. The molecule has 1 aromatic rings. The van der Waals surface area contributed by atoms with E-state index in [9.17, 15) is 4.79 Å². The second kappa shape index (κ2) is 6.89. The monoisotopic (exact) mass is 372 g/mol. The zero-order valence-electron chi connectivity index (χ0n) is 16.6. The molecule has 0 unspecified atom stereocenters. The molecule has 0 spiro atoms. The minimum absolute atomic E-state index is 0.128. The van der Waals surface area contributed by atoms with Gasteiger partial charge in [0.15, 0.2) is 5.69 Å². The molecule has 1 amide bonds. The molecule has 2 aliphatic heterocycles. The van der Waals surface area contributed by atoms with E-state index in [1.54, 1.807) is 0 Å². The Morgan fingerprint density at radius 2 is 2.04 bits per heavy atom. The van der Waals surface area contributed by atoms with E-state index in [1.807, 2.05) is 10.7 Å². The summed E-state index contributed by atoms with van der Waals surface area (Å²) >= 11 is 0. The number of likely N-dealkylation sites (tertiary alicyclic amines) is 1. The fourth-order valence-electron chi connectivity index (χ4n) is 5.35. The van der Waals surface area contributed by atoms with Gasteiger partial charge in [0.25, 0.3) is 5.91 Å². The first-order valence-corrected chi connectivity index (χ1v) is 10.7. The molecule has 2 aliphatic carbocycles. The first kappa shape index (κ1) is 17.7. The molecule has 1 saturated heterocycles. The highest BCUT2D eigenvalue weighted by Crippen LogP contribution is 2.40. The van der Waals surface area contributed by atoms with Crippen molar-refractivity contribution >= 4 is 5.91 Å². The molecule has 2 saturated carbocycles. The quantitative estimate of drug-likeness (QED) is 0.794. The number of carbonyl (C=O) groups is 1. The van der Waals surface area contributed by atoms with Gasteiger partial charge in [-0.05, 0) is 76.4 Å². The number of fused-ring (bicyclic) bond motifs is 2. The first-order valence-electron chi connectivity index (χ1n) is 10.7. The summed E-state index contributed by atoms with van der Waals surface area (Å²) in [5.41, 5.74) is 1.87. The minimum atomic E-state index is 0.128. The van der Waals surface area contributed by atoms with E-state index in [1.165, 1.54) is 18.5 Å². The van der Waals surface area contributed by atoms with Crippen molar-refractivity contribution in [3.8, 4) is 0 Å². The van der Waals surface area contributed by atoms with E-state index in [2.05, 4.69) is 29.0 Å². The number of aromatic nitrogens is 2. The maximum atomic E-state index is 13.0. The molecule has 148 valence electrons. The Morgan fingerprint density at radius 1 is 1.26 bits per heavy atom. The normalized spacial score (nSPS) is 32.8. The molecule has 0 radical (unpaired) electrons. The van der Waals surface area contributed by atoms with Crippen molar-refractivity contribution in [2.75, 3.05) is 33.8 Å². The Hall–Kier alpha value is -1.40. The van der Waals surface area contributed by atoms with E-state index in [4.69, 9.17) is 4.74 Å². The van der Waals surface area contributed by atoms with Crippen LogP contribution < -0.4 is 0 Å². The topological polar surface area (TPSA) is 50.6 Å². The predicted octanol–water partition coefficient (Wildman–Crippen LogP) is 2.04. The van der Waals surface area contributed by atoms with Crippen molar-refractivity contribution < 1.29 is 9.53 Å². The predicted molar refractivity (Wildman–Crippen MR) is 103 cm³/mol. The summed E-state index contributed by atoms with van der Waals surface area (Å²) in [4.78, 5) is 17.4. The van der Waals surface area contributed by atoms with Gasteiger partial charge >= 0.3 is 0 Å². The molecule has 4 atom stereocenters. The molecule has 0 aromatic carbocycles. The Balaban J connectivity index is 1.25. The number of hydrogen-bond acceptors (Lipinski definition) is 4. The molecular formula is C21H32N4O2. The van der Waals surface area contributed by atoms with Crippen molar-refractivity contribution in [3.63, 3.8) is 0 Å². The van der Waals surface area contributed by atoms with Gasteiger partial charge in [-0.1, -0.05) is 0 Å². The van der Waals surface area contributed by atoms with Crippen LogP contribution in [0.25, 0.3) is 0 Å². The fourth-order valence-corrected chi connectivity index (χ4v) is 5.35. The maximum absolute atomic E-state index is 13.0. The van der Waals surface area contributed by atoms with Crippen molar-refractivity contribution in [1.29, 1.82) is 0 Å².